The molecule has 6 nitrogen and oxygen atoms in total. The fourth-order valence-corrected chi connectivity index (χ4v) is 4.18. The second kappa shape index (κ2) is 8.73. The second-order valence-corrected chi connectivity index (χ2v) is 7.13. The number of carbonyl (C=O) groups excluding carboxylic acids is 1. The van der Waals surface area contributed by atoms with Crippen LogP contribution < -0.4 is 14.8 Å². The molecule has 26 heavy (non-hydrogen) atoms. The van der Waals surface area contributed by atoms with E-state index >= 15 is 0 Å². The molecule has 2 aliphatic rings. The first-order valence-electron chi connectivity index (χ1n) is 9.51. The summed E-state index contributed by atoms with van der Waals surface area (Å²) in [6, 6.07) is 5.29. The molecule has 0 bridgehead atoms. The third-order valence-corrected chi connectivity index (χ3v) is 5.70. The summed E-state index contributed by atoms with van der Waals surface area (Å²) < 4.78 is 16.1. The van der Waals surface area contributed by atoms with Gasteiger partial charge in [-0.05, 0) is 25.0 Å². The molecule has 1 heterocycles. The van der Waals surface area contributed by atoms with Crippen LogP contribution in [0.4, 0.5) is 0 Å². The van der Waals surface area contributed by atoms with Crippen molar-refractivity contribution in [2.45, 2.75) is 37.6 Å². The van der Waals surface area contributed by atoms with Gasteiger partial charge < -0.3 is 19.5 Å². The fraction of sp³-hybridized carbons (Fsp3) is 0.650. The first kappa shape index (κ1) is 19.0. The standard InChI is InChI=1S/C20H30N2O4/c1-24-16-6-7-17(18(14-16)25-2)19(23)21-15-20(8-4-3-5-9-20)22-10-12-26-13-11-22/h6-7,14H,3-5,8-13,15H2,1-2H3,(H,21,23). The number of ether oxygens (including phenoxy) is 3. The summed E-state index contributed by atoms with van der Waals surface area (Å²) in [5, 5.41) is 3.18. The van der Waals surface area contributed by atoms with Crippen LogP contribution in [0.1, 0.15) is 42.5 Å². The number of nitrogens with one attached hydrogen (secondary N) is 1. The zero-order valence-electron chi connectivity index (χ0n) is 15.9. The quantitative estimate of drug-likeness (QED) is 0.842. The summed E-state index contributed by atoms with van der Waals surface area (Å²) in [5.41, 5.74) is 0.596. The van der Waals surface area contributed by atoms with Crippen molar-refractivity contribution >= 4 is 5.91 Å². The van der Waals surface area contributed by atoms with Gasteiger partial charge in [0.2, 0.25) is 0 Å². The van der Waals surface area contributed by atoms with Crippen molar-refractivity contribution in [1.82, 2.24) is 10.2 Å². The van der Waals surface area contributed by atoms with E-state index in [1.54, 1.807) is 32.4 Å². The van der Waals surface area contributed by atoms with Crippen molar-refractivity contribution < 1.29 is 19.0 Å². The normalized spacial score (nSPS) is 20.4. The topological polar surface area (TPSA) is 60.0 Å². The van der Waals surface area contributed by atoms with Gasteiger partial charge in [-0.2, -0.15) is 0 Å². The second-order valence-electron chi connectivity index (χ2n) is 7.13. The van der Waals surface area contributed by atoms with Crippen LogP contribution in [0.15, 0.2) is 18.2 Å². The molecule has 0 aromatic heterocycles. The Balaban J connectivity index is 1.71. The van der Waals surface area contributed by atoms with Crippen LogP contribution in [0, 0.1) is 0 Å². The number of hydrogen-bond acceptors (Lipinski definition) is 5. The van der Waals surface area contributed by atoms with E-state index in [1.165, 1.54) is 19.3 Å². The van der Waals surface area contributed by atoms with Gasteiger partial charge >= 0.3 is 0 Å². The van der Waals surface area contributed by atoms with Gasteiger partial charge in [-0.25, -0.2) is 0 Å². The minimum absolute atomic E-state index is 0.0530. The van der Waals surface area contributed by atoms with E-state index < -0.39 is 0 Å². The summed E-state index contributed by atoms with van der Waals surface area (Å²) in [6.07, 6.45) is 5.99. The summed E-state index contributed by atoms with van der Waals surface area (Å²) in [4.78, 5) is 15.3. The highest BCUT2D eigenvalue weighted by Gasteiger charge is 2.39. The number of amides is 1. The fourth-order valence-electron chi connectivity index (χ4n) is 4.18. The number of nitrogens with zero attached hydrogens (tertiary/aromatic N) is 1. The number of hydrogen-bond donors (Lipinski definition) is 1. The molecule has 0 unspecified atom stereocenters. The van der Waals surface area contributed by atoms with Crippen LogP contribution in [0.2, 0.25) is 0 Å². The van der Waals surface area contributed by atoms with Gasteiger partial charge in [-0.15, -0.1) is 0 Å². The van der Waals surface area contributed by atoms with Crippen LogP contribution in [-0.4, -0.2) is 63.4 Å². The zero-order chi connectivity index (χ0) is 18.4. The summed E-state index contributed by atoms with van der Waals surface area (Å²) >= 11 is 0. The van der Waals surface area contributed by atoms with E-state index in [0.717, 1.165) is 39.1 Å². The maximum Gasteiger partial charge on any atom is 0.255 e. The third-order valence-electron chi connectivity index (χ3n) is 5.70. The molecular formula is C20H30N2O4. The highest BCUT2D eigenvalue weighted by molar-refractivity contribution is 5.97. The van der Waals surface area contributed by atoms with Crippen LogP contribution in [0.25, 0.3) is 0 Å². The molecule has 144 valence electrons. The van der Waals surface area contributed by atoms with Gasteiger partial charge in [-0.1, -0.05) is 19.3 Å². The maximum absolute atomic E-state index is 12.8. The molecule has 0 spiro atoms. The summed E-state index contributed by atoms with van der Waals surface area (Å²) in [6.45, 7) is 4.12. The number of carbonyl (C=O) groups is 1. The van der Waals surface area contributed by atoms with Crippen LogP contribution in [0.5, 0.6) is 11.5 Å². The SMILES string of the molecule is COc1ccc(C(=O)NCC2(N3CCOCC3)CCCCC2)c(OC)c1. The van der Waals surface area contributed by atoms with Crippen LogP contribution in [0.3, 0.4) is 0 Å². The average molecular weight is 362 g/mol. The molecular weight excluding hydrogens is 332 g/mol. The Labute approximate surface area is 155 Å². The molecule has 1 aromatic rings. The molecule has 6 heteroatoms. The van der Waals surface area contributed by atoms with Crippen molar-refractivity contribution in [1.29, 1.82) is 0 Å². The van der Waals surface area contributed by atoms with Crippen molar-refractivity contribution in [2.75, 3.05) is 47.1 Å². The number of morpholine rings is 1. The van der Waals surface area contributed by atoms with E-state index in [4.69, 9.17) is 14.2 Å². The van der Waals surface area contributed by atoms with Gasteiger partial charge in [0.25, 0.3) is 5.91 Å². The largest absolute Gasteiger partial charge is 0.497 e. The Kier molecular flexibility index (Phi) is 6.38. The van der Waals surface area contributed by atoms with Gasteiger partial charge in [0, 0.05) is 31.2 Å². The van der Waals surface area contributed by atoms with Gasteiger partial charge in [0.05, 0.1) is 33.0 Å². The van der Waals surface area contributed by atoms with E-state index in [9.17, 15) is 4.79 Å². The lowest BCUT2D eigenvalue weighted by molar-refractivity contribution is -0.0361. The molecule has 3 rings (SSSR count). The van der Waals surface area contributed by atoms with Gasteiger partial charge in [0.1, 0.15) is 11.5 Å². The Bertz CT molecular complexity index is 608. The van der Waals surface area contributed by atoms with E-state index in [1.807, 2.05) is 0 Å². The first-order valence-corrected chi connectivity index (χ1v) is 9.51. The molecule has 1 aliphatic heterocycles. The first-order chi connectivity index (χ1) is 12.7. The van der Waals surface area contributed by atoms with Crippen molar-refractivity contribution in [2.24, 2.45) is 0 Å². The molecule has 1 saturated carbocycles. The summed E-state index contributed by atoms with van der Waals surface area (Å²) in [7, 11) is 3.17. The molecule has 1 aliphatic carbocycles. The highest BCUT2D eigenvalue weighted by Crippen LogP contribution is 2.34. The van der Waals surface area contributed by atoms with Crippen LogP contribution in [-0.2, 0) is 4.74 Å². The molecule has 1 saturated heterocycles. The van der Waals surface area contributed by atoms with Crippen molar-refractivity contribution in [3.05, 3.63) is 23.8 Å². The van der Waals surface area contributed by atoms with E-state index in [2.05, 4.69) is 10.2 Å². The Hall–Kier alpha value is -1.79. The molecule has 0 radical (unpaired) electrons. The minimum atomic E-state index is -0.0947. The smallest absolute Gasteiger partial charge is 0.255 e. The van der Waals surface area contributed by atoms with Crippen molar-refractivity contribution in [3.8, 4) is 11.5 Å². The zero-order valence-corrected chi connectivity index (χ0v) is 15.9. The predicted octanol–water partition coefficient (Wildman–Crippen LogP) is 2.47. The van der Waals surface area contributed by atoms with Crippen LogP contribution >= 0.6 is 0 Å². The molecule has 2 fully saturated rings. The number of methoxy groups -OCH3 is 2. The van der Waals surface area contributed by atoms with Crippen molar-refractivity contribution in [3.63, 3.8) is 0 Å². The Morgan fingerprint density at radius 2 is 1.88 bits per heavy atom. The lowest BCUT2D eigenvalue weighted by Gasteiger charge is -2.48. The molecule has 1 aromatic carbocycles. The minimum Gasteiger partial charge on any atom is -0.497 e. The predicted molar refractivity (Wildman–Crippen MR) is 100 cm³/mol. The Morgan fingerprint density at radius 1 is 1.15 bits per heavy atom. The Morgan fingerprint density at radius 3 is 2.54 bits per heavy atom. The maximum atomic E-state index is 12.8. The lowest BCUT2D eigenvalue weighted by atomic mass is 9.79. The molecule has 1 amide bonds. The number of rotatable bonds is 6. The highest BCUT2D eigenvalue weighted by atomic mass is 16.5. The van der Waals surface area contributed by atoms with E-state index in [0.29, 0.717) is 23.6 Å². The lowest BCUT2D eigenvalue weighted by Crippen LogP contribution is -2.59. The third kappa shape index (κ3) is 4.13. The average Bonchev–Trinajstić information content (AvgIpc) is 2.72. The summed E-state index contributed by atoms with van der Waals surface area (Å²) in [5.74, 6) is 1.11. The van der Waals surface area contributed by atoms with Gasteiger partial charge in [0.15, 0.2) is 0 Å². The molecule has 1 N–H and O–H groups in total. The molecule has 0 atom stereocenters. The van der Waals surface area contributed by atoms with Gasteiger partial charge in [-0.3, -0.25) is 9.69 Å². The monoisotopic (exact) mass is 362 g/mol. The van der Waals surface area contributed by atoms with E-state index in [-0.39, 0.29) is 11.4 Å². The number of benzene rings is 1.